The molecule has 8 nitrogen and oxygen atoms in total. The van der Waals surface area contributed by atoms with E-state index in [0.29, 0.717) is 12.7 Å². The van der Waals surface area contributed by atoms with Gasteiger partial charge in [-0.3, -0.25) is 9.59 Å². The molecule has 3 atom stereocenters. The van der Waals surface area contributed by atoms with Gasteiger partial charge in [0.15, 0.2) is 0 Å². The first kappa shape index (κ1) is 32.1. The van der Waals surface area contributed by atoms with Crippen LogP contribution >= 0.6 is 0 Å². The van der Waals surface area contributed by atoms with E-state index in [1.54, 1.807) is 6.92 Å². The fourth-order valence-corrected chi connectivity index (χ4v) is 4.39. The summed E-state index contributed by atoms with van der Waals surface area (Å²) in [5, 5.41) is 15.1. The Morgan fingerprint density at radius 1 is 0.946 bits per heavy atom. The molecule has 0 aliphatic heterocycles. The molecule has 1 unspecified atom stereocenters. The quantitative estimate of drug-likeness (QED) is 0.143. The molecule has 0 saturated heterocycles. The fourth-order valence-electron chi connectivity index (χ4n) is 4.39. The Balaban J connectivity index is 2.63. The third-order valence-corrected chi connectivity index (χ3v) is 6.68. The van der Waals surface area contributed by atoms with E-state index in [4.69, 9.17) is 4.74 Å². The van der Waals surface area contributed by atoms with E-state index in [1.165, 1.54) is 38.5 Å². The fraction of sp³-hybridized carbons (Fsp3) is 0.655. The Morgan fingerprint density at radius 3 is 2.11 bits per heavy atom. The van der Waals surface area contributed by atoms with Crippen molar-refractivity contribution < 1.29 is 29.0 Å². The van der Waals surface area contributed by atoms with E-state index in [1.807, 2.05) is 30.3 Å². The summed E-state index contributed by atoms with van der Waals surface area (Å²) in [5.41, 5.74) is 0.794. The Kier molecular flexibility index (Phi) is 17.5. The first-order valence-corrected chi connectivity index (χ1v) is 13.8. The lowest BCUT2D eigenvalue weighted by Crippen LogP contribution is -2.53. The molecular formula is C29H46N2O6. The van der Waals surface area contributed by atoms with Crippen molar-refractivity contribution >= 4 is 24.3 Å². The van der Waals surface area contributed by atoms with Crippen molar-refractivity contribution in [2.75, 3.05) is 6.54 Å². The lowest BCUT2D eigenvalue weighted by atomic mass is 9.83. The van der Waals surface area contributed by atoms with E-state index in [9.17, 15) is 24.3 Å². The predicted octanol–water partition coefficient (Wildman–Crippen LogP) is 5.63. The van der Waals surface area contributed by atoms with Gasteiger partial charge in [-0.1, -0.05) is 108 Å². The molecule has 0 aliphatic rings. The third kappa shape index (κ3) is 14.4. The molecule has 3 N–H and O–H groups in total. The molecule has 1 aromatic rings. The molecule has 0 radical (unpaired) electrons. The molecule has 1 rings (SSSR count). The van der Waals surface area contributed by atoms with Gasteiger partial charge in [0.05, 0.1) is 5.92 Å². The summed E-state index contributed by atoms with van der Waals surface area (Å²) in [7, 11) is 0. The number of nitrogens with one attached hydrogen (secondary N) is 2. The summed E-state index contributed by atoms with van der Waals surface area (Å²) in [6.45, 7) is 4.02. The van der Waals surface area contributed by atoms with Crippen LogP contribution in [0.4, 0.5) is 4.79 Å². The third-order valence-electron chi connectivity index (χ3n) is 6.68. The smallest absolute Gasteiger partial charge is 0.408 e. The maximum Gasteiger partial charge on any atom is 0.408 e. The number of hydrogen-bond acceptors (Lipinski definition) is 5. The zero-order valence-electron chi connectivity index (χ0n) is 22.6. The van der Waals surface area contributed by atoms with Crippen LogP contribution in [-0.4, -0.2) is 41.9 Å². The molecule has 2 amide bonds. The number of ether oxygens (including phenoxy) is 1. The number of carbonyl (C=O) groups excluding carboxylic acids is 3. The van der Waals surface area contributed by atoms with Crippen LogP contribution in [0, 0.1) is 11.8 Å². The van der Waals surface area contributed by atoms with E-state index in [-0.39, 0.29) is 19.6 Å². The van der Waals surface area contributed by atoms with Crippen molar-refractivity contribution in [3.8, 4) is 0 Å². The van der Waals surface area contributed by atoms with Gasteiger partial charge in [-0.2, -0.15) is 0 Å². The van der Waals surface area contributed by atoms with E-state index < -0.39 is 35.8 Å². The summed E-state index contributed by atoms with van der Waals surface area (Å²) >= 11 is 0. The zero-order valence-corrected chi connectivity index (χ0v) is 22.6. The predicted molar refractivity (Wildman–Crippen MR) is 144 cm³/mol. The number of aliphatic carboxylic acids is 1. The van der Waals surface area contributed by atoms with E-state index in [2.05, 4.69) is 17.6 Å². The van der Waals surface area contributed by atoms with Gasteiger partial charge in [-0.15, -0.1) is 0 Å². The Morgan fingerprint density at radius 2 is 1.54 bits per heavy atom. The first-order valence-electron chi connectivity index (χ1n) is 13.8. The van der Waals surface area contributed by atoms with Gasteiger partial charge in [0.1, 0.15) is 18.9 Å². The number of carbonyl (C=O) groups is 4. The molecule has 0 aromatic heterocycles. The van der Waals surface area contributed by atoms with Gasteiger partial charge in [0, 0.05) is 13.0 Å². The Hall–Kier alpha value is -2.90. The normalized spacial score (nSPS) is 13.2. The van der Waals surface area contributed by atoms with Crippen molar-refractivity contribution in [3.05, 3.63) is 35.9 Å². The first-order chi connectivity index (χ1) is 17.9. The minimum Gasteiger partial charge on any atom is -0.481 e. The molecule has 0 heterocycles. The Labute approximate surface area is 221 Å². The number of carboxylic acids is 1. The second-order valence-electron chi connectivity index (χ2n) is 9.70. The van der Waals surface area contributed by atoms with E-state index >= 15 is 0 Å². The van der Waals surface area contributed by atoms with E-state index in [0.717, 1.165) is 31.2 Å². The van der Waals surface area contributed by atoms with Crippen LogP contribution in [-0.2, 0) is 25.7 Å². The molecule has 208 valence electrons. The summed E-state index contributed by atoms with van der Waals surface area (Å²) in [6.07, 6.45) is 11.9. The molecule has 0 fully saturated rings. The van der Waals surface area contributed by atoms with Gasteiger partial charge >= 0.3 is 12.1 Å². The lowest BCUT2D eigenvalue weighted by molar-refractivity contribution is -0.144. The van der Waals surface area contributed by atoms with Crippen LogP contribution in [0.25, 0.3) is 0 Å². The van der Waals surface area contributed by atoms with Gasteiger partial charge in [-0.05, 0) is 17.9 Å². The molecule has 0 aliphatic carbocycles. The highest BCUT2D eigenvalue weighted by molar-refractivity contribution is 5.87. The number of carboxylic acid groups (broad SMARTS) is 1. The minimum absolute atomic E-state index is 0.0293. The molecule has 0 saturated carbocycles. The lowest BCUT2D eigenvalue weighted by Gasteiger charge is -2.28. The highest BCUT2D eigenvalue weighted by Gasteiger charge is 2.36. The van der Waals surface area contributed by atoms with Crippen molar-refractivity contribution in [1.29, 1.82) is 0 Å². The number of amides is 2. The minimum atomic E-state index is -1.10. The van der Waals surface area contributed by atoms with Gasteiger partial charge in [0.25, 0.3) is 0 Å². The second-order valence-corrected chi connectivity index (χ2v) is 9.70. The molecule has 0 spiro atoms. The molecule has 8 heteroatoms. The van der Waals surface area contributed by atoms with Crippen LogP contribution in [0.1, 0.15) is 96.5 Å². The SMILES string of the molecule is CCCCCCCCCCCC[C@H](C(=O)O)[C@H](C)C(NC(=O)OCc1ccccc1)C(=O)NCCC=O. The number of hydrogen-bond donors (Lipinski definition) is 3. The number of benzene rings is 1. The number of aldehydes is 1. The highest BCUT2D eigenvalue weighted by Crippen LogP contribution is 2.24. The number of rotatable bonds is 21. The average molecular weight is 519 g/mol. The molecular weight excluding hydrogens is 472 g/mol. The summed E-state index contributed by atoms with van der Waals surface area (Å²) in [4.78, 5) is 48.1. The second kappa shape index (κ2) is 20.2. The average Bonchev–Trinajstić information content (AvgIpc) is 2.89. The van der Waals surface area contributed by atoms with Crippen LogP contribution in [0.2, 0.25) is 0 Å². The summed E-state index contributed by atoms with van der Waals surface area (Å²) < 4.78 is 5.26. The highest BCUT2D eigenvalue weighted by atomic mass is 16.5. The maximum atomic E-state index is 12.8. The van der Waals surface area contributed by atoms with Crippen LogP contribution < -0.4 is 10.6 Å². The van der Waals surface area contributed by atoms with Gasteiger partial charge < -0.3 is 25.3 Å². The topological polar surface area (TPSA) is 122 Å². The monoisotopic (exact) mass is 518 g/mol. The van der Waals surface area contributed by atoms with Crippen molar-refractivity contribution in [3.63, 3.8) is 0 Å². The standard InChI is InChI=1S/C29H46N2O6/c1-3-4-5-6-7-8-9-10-11-15-19-25(28(34)35)23(2)26(27(33)30-20-16-21-32)31-29(36)37-22-24-17-13-12-14-18-24/h12-14,17-18,21,23,25-26H,3-11,15-16,19-20,22H2,1-2H3,(H,30,33)(H,31,36)(H,34,35)/t23-,25-,26?/m0/s1. The number of alkyl carbamates (subject to hydrolysis) is 1. The number of unbranched alkanes of at least 4 members (excludes halogenated alkanes) is 9. The van der Waals surface area contributed by atoms with Gasteiger partial charge in [-0.25, -0.2) is 4.79 Å². The molecule has 37 heavy (non-hydrogen) atoms. The maximum absolute atomic E-state index is 12.8. The largest absolute Gasteiger partial charge is 0.481 e. The summed E-state index contributed by atoms with van der Waals surface area (Å²) in [5.74, 6) is -2.99. The van der Waals surface area contributed by atoms with Crippen LogP contribution in [0.3, 0.4) is 0 Å². The van der Waals surface area contributed by atoms with Crippen LogP contribution in [0.5, 0.6) is 0 Å². The summed E-state index contributed by atoms with van der Waals surface area (Å²) in [6, 6.07) is 8.03. The molecule has 1 aromatic carbocycles. The van der Waals surface area contributed by atoms with Gasteiger partial charge in [0.2, 0.25) is 5.91 Å². The van der Waals surface area contributed by atoms with Crippen molar-refractivity contribution in [2.45, 2.75) is 104 Å². The zero-order chi connectivity index (χ0) is 27.3. The van der Waals surface area contributed by atoms with Crippen molar-refractivity contribution in [1.82, 2.24) is 10.6 Å². The van der Waals surface area contributed by atoms with Crippen molar-refractivity contribution in [2.24, 2.45) is 11.8 Å². The van der Waals surface area contributed by atoms with Crippen LogP contribution in [0.15, 0.2) is 30.3 Å². The Bertz CT molecular complexity index is 786. The molecule has 0 bridgehead atoms.